The molecule has 3 atom stereocenters. The molecule has 1 aromatic rings. The lowest BCUT2D eigenvalue weighted by Gasteiger charge is -2.27. The Hall–Kier alpha value is -0.940. The molecule has 1 aliphatic rings. The van der Waals surface area contributed by atoms with Crippen LogP contribution in [0.1, 0.15) is 5.56 Å². The summed E-state index contributed by atoms with van der Waals surface area (Å²) in [6.07, 6.45) is -2.20. The lowest BCUT2D eigenvalue weighted by Crippen LogP contribution is -2.48. The molecule has 0 saturated carbocycles. The summed E-state index contributed by atoms with van der Waals surface area (Å²) in [6, 6.07) is 9.21. The fourth-order valence-electron chi connectivity index (χ4n) is 1.76. The van der Waals surface area contributed by atoms with Crippen LogP contribution in [0.4, 0.5) is 0 Å². The van der Waals surface area contributed by atoms with Crippen LogP contribution in [0.3, 0.4) is 0 Å². The van der Waals surface area contributed by atoms with Gasteiger partial charge in [0.2, 0.25) is 0 Å². The van der Waals surface area contributed by atoms with Crippen molar-refractivity contribution in [3.8, 4) is 0 Å². The fourth-order valence-corrected chi connectivity index (χ4v) is 1.76. The van der Waals surface area contributed by atoms with E-state index in [1.807, 2.05) is 30.3 Å². The molecule has 1 saturated heterocycles. The first-order chi connectivity index (χ1) is 7.13. The van der Waals surface area contributed by atoms with Gasteiger partial charge in [0.25, 0.3) is 0 Å². The van der Waals surface area contributed by atoms with E-state index in [0.717, 1.165) is 5.56 Å². The maximum absolute atomic E-state index is 10.1. The minimum Gasteiger partial charge on any atom is -0.387 e. The normalized spacial score (nSPS) is 35.7. The largest absolute Gasteiger partial charge is 0.387 e. The quantitative estimate of drug-likeness (QED) is 0.625. The second-order valence-corrected chi connectivity index (χ2v) is 3.86. The molecule has 4 heteroatoms. The summed E-state index contributed by atoms with van der Waals surface area (Å²) in [7, 11) is 0. The Labute approximate surface area is 87.7 Å². The van der Waals surface area contributed by atoms with Gasteiger partial charge >= 0.3 is 0 Å². The summed E-state index contributed by atoms with van der Waals surface area (Å²) in [4.78, 5) is 0. The van der Waals surface area contributed by atoms with Gasteiger partial charge in [-0.15, -0.1) is 0 Å². The molecular formula is C11H14O4. The monoisotopic (exact) mass is 210 g/mol. The molecule has 0 aliphatic carbocycles. The van der Waals surface area contributed by atoms with E-state index in [-0.39, 0.29) is 13.0 Å². The second-order valence-electron chi connectivity index (χ2n) is 3.86. The first-order valence-electron chi connectivity index (χ1n) is 4.87. The van der Waals surface area contributed by atoms with Gasteiger partial charge in [-0.05, 0) is 5.56 Å². The summed E-state index contributed by atoms with van der Waals surface area (Å²) in [5.41, 5.74) is -0.745. The van der Waals surface area contributed by atoms with E-state index in [1.54, 1.807) is 0 Å². The highest BCUT2D eigenvalue weighted by atomic mass is 16.6. The number of rotatable bonds is 2. The van der Waals surface area contributed by atoms with E-state index in [9.17, 15) is 15.3 Å². The van der Waals surface area contributed by atoms with E-state index in [0.29, 0.717) is 0 Å². The zero-order valence-electron chi connectivity index (χ0n) is 8.21. The number of benzene rings is 1. The average molecular weight is 210 g/mol. The van der Waals surface area contributed by atoms with Crippen molar-refractivity contribution in [3.63, 3.8) is 0 Å². The molecule has 2 rings (SSSR count). The zero-order chi connectivity index (χ0) is 10.9. The molecule has 1 heterocycles. The summed E-state index contributed by atoms with van der Waals surface area (Å²) >= 11 is 0. The van der Waals surface area contributed by atoms with E-state index in [1.165, 1.54) is 0 Å². The van der Waals surface area contributed by atoms with E-state index < -0.39 is 18.0 Å². The van der Waals surface area contributed by atoms with Gasteiger partial charge in [0, 0.05) is 6.42 Å². The third-order valence-electron chi connectivity index (χ3n) is 2.75. The Bertz CT molecular complexity index is 315. The molecule has 15 heavy (non-hydrogen) atoms. The highest BCUT2D eigenvalue weighted by Gasteiger charge is 2.49. The first-order valence-corrected chi connectivity index (χ1v) is 4.87. The van der Waals surface area contributed by atoms with Crippen LogP contribution in [0.5, 0.6) is 0 Å². The van der Waals surface area contributed by atoms with Gasteiger partial charge in [0.05, 0.1) is 6.61 Å². The van der Waals surface area contributed by atoms with E-state index in [2.05, 4.69) is 0 Å². The molecule has 0 aromatic heterocycles. The first kappa shape index (κ1) is 10.6. The average Bonchev–Trinajstić information content (AvgIpc) is 2.48. The van der Waals surface area contributed by atoms with Crippen LogP contribution >= 0.6 is 0 Å². The van der Waals surface area contributed by atoms with Crippen molar-refractivity contribution in [2.75, 3.05) is 6.61 Å². The maximum atomic E-state index is 10.1. The number of aliphatic hydroxyl groups excluding tert-OH is 2. The van der Waals surface area contributed by atoms with Crippen molar-refractivity contribution >= 4 is 0 Å². The second kappa shape index (κ2) is 3.90. The highest BCUT2D eigenvalue weighted by Crippen LogP contribution is 2.28. The van der Waals surface area contributed by atoms with E-state index in [4.69, 9.17) is 4.74 Å². The molecule has 1 fully saturated rings. The fraction of sp³-hybridized carbons (Fsp3) is 0.455. The molecule has 1 aromatic carbocycles. The van der Waals surface area contributed by atoms with Crippen molar-refractivity contribution < 1.29 is 20.1 Å². The van der Waals surface area contributed by atoms with Crippen molar-refractivity contribution in [1.82, 2.24) is 0 Å². The Morgan fingerprint density at radius 3 is 2.47 bits per heavy atom. The third kappa shape index (κ3) is 1.89. The van der Waals surface area contributed by atoms with Gasteiger partial charge in [-0.1, -0.05) is 30.3 Å². The minimum atomic E-state index is -1.60. The molecule has 0 bridgehead atoms. The number of hydrogen-bond acceptors (Lipinski definition) is 4. The summed E-state index contributed by atoms with van der Waals surface area (Å²) in [5, 5.41) is 29.0. The lowest BCUT2D eigenvalue weighted by molar-refractivity contribution is -0.170. The summed E-state index contributed by atoms with van der Waals surface area (Å²) in [5.74, 6) is 0. The summed E-state index contributed by atoms with van der Waals surface area (Å²) < 4.78 is 4.81. The maximum Gasteiger partial charge on any atom is 0.186 e. The standard InChI is InChI=1S/C11H14O4/c12-9-7-15-10(13)11(9,14)6-8-4-2-1-3-5-8/h1-5,9-10,12-14H,6-7H2/t9-,10?,11-/m1/s1. The van der Waals surface area contributed by atoms with Crippen LogP contribution in [-0.2, 0) is 11.2 Å². The van der Waals surface area contributed by atoms with Gasteiger partial charge in [0.15, 0.2) is 6.29 Å². The third-order valence-corrected chi connectivity index (χ3v) is 2.75. The molecule has 4 nitrogen and oxygen atoms in total. The molecule has 0 radical (unpaired) electrons. The summed E-state index contributed by atoms with van der Waals surface area (Å²) in [6.45, 7) is -0.0372. The molecular weight excluding hydrogens is 196 g/mol. The molecule has 0 spiro atoms. The molecule has 3 N–H and O–H groups in total. The predicted molar refractivity (Wildman–Crippen MR) is 53.1 cm³/mol. The SMILES string of the molecule is OC1OC[C@@H](O)[C@]1(O)Cc1ccccc1. The van der Waals surface area contributed by atoms with Crippen LogP contribution in [0, 0.1) is 0 Å². The molecule has 1 aliphatic heterocycles. The van der Waals surface area contributed by atoms with Crippen molar-refractivity contribution in [2.45, 2.75) is 24.4 Å². The van der Waals surface area contributed by atoms with Gasteiger partial charge in [0.1, 0.15) is 11.7 Å². The van der Waals surface area contributed by atoms with Crippen LogP contribution in [0.2, 0.25) is 0 Å². The van der Waals surface area contributed by atoms with E-state index >= 15 is 0 Å². The number of aliphatic hydroxyl groups is 3. The Morgan fingerprint density at radius 2 is 1.93 bits per heavy atom. The van der Waals surface area contributed by atoms with Crippen molar-refractivity contribution in [1.29, 1.82) is 0 Å². The number of hydrogen-bond donors (Lipinski definition) is 3. The molecule has 0 amide bonds. The Balaban J connectivity index is 2.17. The van der Waals surface area contributed by atoms with Gasteiger partial charge < -0.3 is 20.1 Å². The Morgan fingerprint density at radius 1 is 1.27 bits per heavy atom. The highest BCUT2D eigenvalue weighted by molar-refractivity contribution is 5.18. The van der Waals surface area contributed by atoms with Crippen LogP contribution in [0.15, 0.2) is 30.3 Å². The minimum absolute atomic E-state index is 0.0372. The number of ether oxygens (including phenoxy) is 1. The smallest absolute Gasteiger partial charge is 0.186 e. The van der Waals surface area contributed by atoms with Crippen molar-refractivity contribution in [2.24, 2.45) is 0 Å². The predicted octanol–water partition coefficient (Wildman–Crippen LogP) is -0.330. The molecule has 1 unspecified atom stereocenters. The topological polar surface area (TPSA) is 69.9 Å². The van der Waals surface area contributed by atoms with Crippen molar-refractivity contribution in [3.05, 3.63) is 35.9 Å². The molecule has 82 valence electrons. The van der Waals surface area contributed by atoms with Gasteiger partial charge in [-0.25, -0.2) is 0 Å². The van der Waals surface area contributed by atoms with Gasteiger partial charge in [-0.2, -0.15) is 0 Å². The zero-order valence-corrected chi connectivity index (χ0v) is 8.21. The lowest BCUT2D eigenvalue weighted by atomic mass is 9.90. The Kier molecular flexibility index (Phi) is 2.75. The van der Waals surface area contributed by atoms with Crippen LogP contribution in [-0.4, -0.2) is 39.9 Å². The van der Waals surface area contributed by atoms with Gasteiger partial charge in [-0.3, -0.25) is 0 Å². The van der Waals surface area contributed by atoms with Crippen LogP contribution in [0.25, 0.3) is 0 Å². The van der Waals surface area contributed by atoms with Crippen LogP contribution < -0.4 is 0 Å².